The molecule has 10 heteroatoms. The molecule has 0 saturated carbocycles. The van der Waals surface area contributed by atoms with Crippen LogP contribution in [0.15, 0.2) is 64.6 Å². The molecule has 0 amide bonds. The second kappa shape index (κ2) is 9.83. The monoisotopic (exact) mass is 492 g/mol. The first-order chi connectivity index (χ1) is 16.9. The van der Waals surface area contributed by atoms with Crippen LogP contribution < -0.4 is 10.2 Å². The van der Waals surface area contributed by atoms with Crippen molar-refractivity contribution < 1.29 is 13.6 Å². The molecule has 0 unspecified atom stereocenters. The first-order valence-corrected chi connectivity index (χ1v) is 11.9. The SMILES string of the molecule is Cc1cc(Nc2cc(N3CCC3)nc(Sc3ccc(CC(=O)c4cccc(F)c4F)cc3)n2)n[nH]1. The molecule has 0 atom stereocenters. The molecule has 0 radical (unpaired) electrons. The van der Waals surface area contributed by atoms with Crippen LogP contribution in [0, 0.1) is 18.6 Å². The van der Waals surface area contributed by atoms with Gasteiger partial charge in [0.15, 0.2) is 28.4 Å². The Morgan fingerprint density at radius 3 is 2.57 bits per heavy atom. The molecule has 0 aliphatic carbocycles. The Hall–Kier alpha value is -3.79. The average Bonchev–Trinajstić information content (AvgIpc) is 3.20. The van der Waals surface area contributed by atoms with Crippen molar-refractivity contribution in [1.82, 2.24) is 20.2 Å². The quantitative estimate of drug-likeness (QED) is 0.254. The molecule has 1 fully saturated rings. The number of aryl methyl sites for hydroxylation is 1. The molecule has 2 aromatic carbocycles. The second-order valence-corrected chi connectivity index (χ2v) is 9.28. The lowest BCUT2D eigenvalue weighted by Gasteiger charge is -2.32. The highest BCUT2D eigenvalue weighted by Crippen LogP contribution is 2.30. The predicted octanol–water partition coefficient (Wildman–Crippen LogP) is 5.32. The molecule has 178 valence electrons. The summed E-state index contributed by atoms with van der Waals surface area (Å²) in [6.45, 7) is 3.84. The van der Waals surface area contributed by atoms with Gasteiger partial charge in [0.05, 0.1) is 5.56 Å². The summed E-state index contributed by atoms with van der Waals surface area (Å²) in [4.78, 5) is 24.8. The number of nitrogens with zero attached hydrogens (tertiary/aromatic N) is 4. The normalized spacial score (nSPS) is 12.9. The maximum absolute atomic E-state index is 13.9. The number of aromatic nitrogens is 4. The van der Waals surface area contributed by atoms with E-state index in [2.05, 4.69) is 25.4 Å². The van der Waals surface area contributed by atoms with E-state index in [9.17, 15) is 13.6 Å². The molecule has 5 rings (SSSR count). The van der Waals surface area contributed by atoms with Crippen LogP contribution >= 0.6 is 11.8 Å². The zero-order chi connectivity index (χ0) is 24.4. The van der Waals surface area contributed by atoms with E-state index in [1.807, 2.05) is 31.2 Å². The third-order valence-electron chi connectivity index (χ3n) is 5.58. The van der Waals surface area contributed by atoms with Gasteiger partial charge in [0.2, 0.25) is 0 Å². The number of hydrogen-bond donors (Lipinski definition) is 2. The van der Waals surface area contributed by atoms with Crippen LogP contribution in [0.25, 0.3) is 0 Å². The molecule has 4 aromatic rings. The molecule has 0 spiro atoms. The standard InChI is InChI=1S/C25H22F2N6OS/c1-15-12-22(32-31-15)28-21-14-23(33-10-3-11-33)30-25(29-21)35-17-8-6-16(7-9-17)13-20(34)18-4-2-5-19(26)24(18)27/h2,4-9,12,14H,3,10-11,13H2,1H3,(H2,28,29,30,31,32). The Kier molecular flexibility index (Phi) is 6.45. The summed E-state index contributed by atoms with van der Waals surface area (Å²) in [5.41, 5.74) is 1.40. The van der Waals surface area contributed by atoms with Crippen LogP contribution in [0.2, 0.25) is 0 Å². The third-order valence-corrected chi connectivity index (χ3v) is 6.46. The molecule has 1 aliphatic rings. The summed E-state index contributed by atoms with van der Waals surface area (Å²) >= 11 is 1.40. The zero-order valence-electron chi connectivity index (χ0n) is 18.9. The number of H-pyrrole nitrogens is 1. The summed E-state index contributed by atoms with van der Waals surface area (Å²) in [6.07, 6.45) is 1.11. The number of aromatic amines is 1. The predicted molar refractivity (Wildman–Crippen MR) is 130 cm³/mol. The highest BCUT2D eigenvalue weighted by molar-refractivity contribution is 7.99. The fourth-order valence-electron chi connectivity index (χ4n) is 3.62. The van der Waals surface area contributed by atoms with Crippen LogP contribution in [0.1, 0.15) is 28.0 Å². The van der Waals surface area contributed by atoms with E-state index in [1.165, 1.54) is 23.9 Å². The van der Waals surface area contributed by atoms with Gasteiger partial charge >= 0.3 is 0 Å². The summed E-state index contributed by atoms with van der Waals surface area (Å²) in [5, 5.41) is 10.9. The minimum atomic E-state index is -1.11. The molecule has 2 aromatic heterocycles. The van der Waals surface area contributed by atoms with Gasteiger partial charge in [-0.1, -0.05) is 18.2 Å². The minimum Gasteiger partial charge on any atom is -0.356 e. The van der Waals surface area contributed by atoms with Gasteiger partial charge in [-0.3, -0.25) is 9.89 Å². The lowest BCUT2D eigenvalue weighted by molar-refractivity contribution is 0.0988. The number of ketones is 1. The number of carbonyl (C=O) groups excluding carboxylic acids is 1. The Bertz CT molecular complexity index is 1370. The van der Waals surface area contributed by atoms with Gasteiger partial charge in [0.25, 0.3) is 0 Å². The van der Waals surface area contributed by atoms with Crippen molar-refractivity contribution in [3.63, 3.8) is 0 Å². The van der Waals surface area contributed by atoms with Crippen LogP contribution in [-0.2, 0) is 6.42 Å². The number of carbonyl (C=O) groups is 1. The maximum Gasteiger partial charge on any atom is 0.196 e. The molecule has 3 heterocycles. The van der Waals surface area contributed by atoms with E-state index in [0.29, 0.717) is 22.4 Å². The molecule has 7 nitrogen and oxygen atoms in total. The lowest BCUT2D eigenvalue weighted by atomic mass is 10.0. The van der Waals surface area contributed by atoms with Crippen molar-refractivity contribution in [1.29, 1.82) is 0 Å². The van der Waals surface area contributed by atoms with Gasteiger partial charge in [-0.05, 0) is 54.9 Å². The molecule has 1 aliphatic heterocycles. The van der Waals surface area contributed by atoms with E-state index in [-0.39, 0.29) is 12.0 Å². The van der Waals surface area contributed by atoms with Gasteiger partial charge in [0.1, 0.15) is 11.6 Å². The molecule has 2 N–H and O–H groups in total. The number of halogens is 2. The Morgan fingerprint density at radius 2 is 1.89 bits per heavy atom. The topological polar surface area (TPSA) is 86.8 Å². The van der Waals surface area contributed by atoms with Gasteiger partial charge in [0, 0.05) is 42.2 Å². The van der Waals surface area contributed by atoms with Gasteiger partial charge in [-0.25, -0.2) is 18.7 Å². The van der Waals surface area contributed by atoms with E-state index in [1.54, 1.807) is 12.1 Å². The fourth-order valence-corrected chi connectivity index (χ4v) is 4.39. The van der Waals surface area contributed by atoms with Gasteiger partial charge < -0.3 is 10.2 Å². The van der Waals surface area contributed by atoms with Crippen LogP contribution in [0.4, 0.5) is 26.2 Å². The number of nitrogens with one attached hydrogen (secondary N) is 2. The molecular formula is C25H22F2N6OS. The minimum absolute atomic E-state index is 0.0244. The zero-order valence-corrected chi connectivity index (χ0v) is 19.7. The molecule has 35 heavy (non-hydrogen) atoms. The van der Waals surface area contributed by atoms with Crippen molar-refractivity contribution in [2.75, 3.05) is 23.3 Å². The lowest BCUT2D eigenvalue weighted by Crippen LogP contribution is -2.37. The average molecular weight is 493 g/mol. The number of benzene rings is 2. The van der Waals surface area contributed by atoms with Crippen molar-refractivity contribution in [2.24, 2.45) is 0 Å². The van der Waals surface area contributed by atoms with Gasteiger partial charge in [-0.15, -0.1) is 0 Å². The maximum atomic E-state index is 13.9. The summed E-state index contributed by atoms with van der Waals surface area (Å²) < 4.78 is 27.4. The Morgan fingerprint density at radius 1 is 1.09 bits per heavy atom. The largest absolute Gasteiger partial charge is 0.356 e. The summed E-state index contributed by atoms with van der Waals surface area (Å²) in [7, 11) is 0. The van der Waals surface area contributed by atoms with Crippen molar-refractivity contribution in [2.45, 2.75) is 29.8 Å². The molecule has 0 bridgehead atoms. The number of rotatable bonds is 8. The van der Waals surface area contributed by atoms with Crippen molar-refractivity contribution in [3.05, 3.63) is 83.1 Å². The summed E-state index contributed by atoms with van der Waals surface area (Å²) in [6, 6.07) is 14.7. The number of Topliss-reactive ketones (excluding diaryl/α,β-unsaturated/α-hetero) is 1. The highest BCUT2D eigenvalue weighted by atomic mass is 32.2. The van der Waals surface area contributed by atoms with E-state index in [0.717, 1.165) is 42.0 Å². The molecular weight excluding hydrogens is 470 g/mol. The fraction of sp³-hybridized carbons (Fsp3) is 0.200. The smallest absolute Gasteiger partial charge is 0.196 e. The van der Waals surface area contributed by atoms with E-state index >= 15 is 0 Å². The third kappa shape index (κ3) is 5.32. The molecule has 1 saturated heterocycles. The number of hydrogen-bond acceptors (Lipinski definition) is 7. The van der Waals surface area contributed by atoms with E-state index < -0.39 is 17.4 Å². The van der Waals surface area contributed by atoms with E-state index in [4.69, 9.17) is 4.98 Å². The van der Waals surface area contributed by atoms with Crippen molar-refractivity contribution in [3.8, 4) is 0 Å². The Labute approximate surface area is 205 Å². The number of anilines is 3. The van der Waals surface area contributed by atoms with Crippen LogP contribution in [0.3, 0.4) is 0 Å². The van der Waals surface area contributed by atoms with Crippen LogP contribution in [0.5, 0.6) is 0 Å². The first kappa shape index (κ1) is 23.0. The van der Waals surface area contributed by atoms with Crippen molar-refractivity contribution >= 4 is 35.0 Å². The highest BCUT2D eigenvalue weighted by Gasteiger charge is 2.19. The summed E-state index contributed by atoms with van der Waals surface area (Å²) in [5.74, 6) is -0.441. The van der Waals surface area contributed by atoms with Gasteiger partial charge in [-0.2, -0.15) is 5.10 Å². The van der Waals surface area contributed by atoms with Crippen LogP contribution in [-0.4, -0.2) is 39.0 Å². The second-order valence-electron chi connectivity index (χ2n) is 8.24. The first-order valence-electron chi connectivity index (χ1n) is 11.1. The Balaban J connectivity index is 1.31.